The number of pyridine rings is 1. The monoisotopic (exact) mass is 821 g/mol. The Kier molecular flexibility index (Phi) is 9.27. The molecule has 56 heavy (non-hydrogen) atoms. The van der Waals surface area contributed by atoms with Crippen LogP contribution in [0.1, 0.15) is 74.5 Å². The third kappa shape index (κ3) is 6.28. The van der Waals surface area contributed by atoms with Crippen molar-refractivity contribution in [2.45, 2.75) is 63.8 Å². The molecule has 0 spiro atoms. The second-order valence-electron chi connectivity index (χ2n) is 15.9. The van der Waals surface area contributed by atoms with Gasteiger partial charge in [-0.15, -0.1) is 0 Å². The second kappa shape index (κ2) is 14.2. The first-order valence-corrected chi connectivity index (χ1v) is 20.2. The molecule has 4 aliphatic rings. The number of fused-ring (bicyclic) bond motifs is 5. The SMILES string of the molecule is CC1(C)c2ccc(N3CCN(Cc4ccc(N5CCC(c6cc(F)c(N7C(=O)CCCC7=O)c(F)c6)CC5)cn4)CC3)cc2-n2c1nc(=O)c1c(Br)cccc12. The van der Waals surface area contributed by atoms with Crippen LogP contribution in [0.2, 0.25) is 0 Å². The first-order chi connectivity index (χ1) is 27.0. The van der Waals surface area contributed by atoms with Crippen molar-refractivity contribution in [1.82, 2.24) is 19.4 Å². The highest BCUT2D eigenvalue weighted by molar-refractivity contribution is 9.10. The van der Waals surface area contributed by atoms with Gasteiger partial charge >= 0.3 is 0 Å². The van der Waals surface area contributed by atoms with Gasteiger partial charge in [-0.25, -0.2) is 13.7 Å². The predicted octanol–water partition coefficient (Wildman–Crippen LogP) is 7.21. The van der Waals surface area contributed by atoms with Crippen molar-refractivity contribution in [2.24, 2.45) is 0 Å². The summed E-state index contributed by atoms with van der Waals surface area (Å²) in [6.07, 6.45) is 3.95. The predicted molar refractivity (Wildman–Crippen MR) is 216 cm³/mol. The zero-order valence-corrected chi connectivity index (χ0v) is 33.0. The van der Waals surface area contributed by atoms with Crippen molar-refractivity contribution in [1.29, 1.82) is 0 Å². The number of piperazine rings is 1. The number of aromatic nitrogens is 3. The van der Waals surface area contributed by atoms with Gasteiger partial charge in [0.2, 0.25) is 11.8 Å². The van der Waals surface area contributed by atoms with E-state index in [1.165, 1.54) is 12.1 Å². The van der Waals surface area contributed by atoms with Crippen LogP contribution in [0.15, 0.2) is 76.1 Å². The van der Waals surface area contributed by atoms with Crippen molar-refractivity contribution < 1.29 is 18.4 Å². The van der Waals surface area contributed by atoms with E-state index in [4.69, 9.17) is 4.98 Å². The molecular formula is C43H42BrF2N7O3. The van der Waals surface area contributed by atoms with Gasteiger partial charge in [-0.3, -0.25) is 28.8 Å². The van der Waals surface area contributed by atoms with Gasteiger partial charge in [-0.1, -0.05) is 12.1 Å². The molecule has 6 heterocycles. The Morgan fingerprint density at radius 1 is 0.821 bits per heavy atom. The van der Waals surface area contributed by atoms with E-state index in [0.717, 1.165) is 89.9 Å². The van der Waals surface area contributed by atoms with Crippen molar-refractivity contribution >= 4 is 55.7 Å². The molecule has 288 valence electrons. The van der Waals surface area contributed by atoms with Crippen LogP contribution in [-0.4, -0.2) is 70.5 Å². The molecule has 2 amide bonds. The fraction of sp³-hybridized carbons (Fsp3) is 0.372. The van der Waals surface area contributed by atoms with Crippen molar-refractivity contribution in [3.05, 3.63) is 116 Å². The van der Waals surface area contributed by atoms with Crippen molar-refractivity contribution in [3.63, 3.8) is 0 Å². The molecule has 5 aromatic rings. The first kappa shape index (κ1) is 36.6. The Bertz CT molecular complexity index is 2420. The minimum atomic E-state index is -0.870. The molecule has 0 aliphatic carbocycles. The van der Waals surface area contributed by atoms with Gasteiger partial charge in [0.05, 0.1) is 39.6 Å². The van der Waals surface area contributed by atoms with E-state index in [0.29, 0.717) is 35.1 Å². The largest absolute Gasteiger partial charge is 0.370 e. The third-order valence-electron chi connectivity index (χ3n) is 12.1. The molecule has 10 nitrogen and oxygen atoms in total. The first-order valence-electron chi connectivity index (χ1n) is 19.4. The average Bonchev–Trinajstić information content (AvgIpc) is 3.41. The summed E-state index contributed by atoms with van der Waals surface area (Å²) in [5.41, 5.74) is 5.63. The van der Waals surface area contributed by atoms with E-state index >= 15 is 8.78 Å². The van der Waals surface area contributed by atoms with Crippen LogP contribution in [0.3, 0.4) is 0 Å². The quantitative estimate of drug-likeness (QED) is 0.166. The van der Waals surface area contributed by atoms with Gasteiger partial charge in [0.1, 0.15) is 11.5 Å². The van der Waals surface area contributed by atoms with Crippen molar-refractivity contribution in [2.75, 3.05) is 54.0 Å². The van der Waals surface area contributed by atoms with Crippen LogP contribution in [0.4, 0.5) is 25.8 Å². The van der Waals surface area contributed by atoms with E-state index in [1.807, 2.05) is 24.4 Å². The average molecular weight is 823 g/mol. The number of carbonyl (C=O) groups is 2. The second-order valence-corrected chi connectivity index (χ2v) is 16.7. The molecule has 0 saturated carbocycles. The summed E-state index contributed by atoms with van der Waals surface area (Å²) >= 11 is 3.57. The molecule has 9 rings (SSSR count). The number of anilines is 3. The van der Waals surface area contributed by atoms with Gasteiger partial charge < -0.3 is 9.80 Å². The molecule has 0 N–H and O–H groups in total. The number of rotatable bonds is 6. The van der Waals surface area contributed by atoms with E-state index in [9.17, 15) is 14.4 Å². The molecule has 3 fully saturated rings. The van der Waals surface area contributed by atoms with Crippen LogP contribution < -0.4 is 20.3 Å². The standard InChI is InChI=1S/C43H42BrF2N7O3/c1-43(2)31-12-11-29(23-36(31)52-35-6-3-5-32(44)39(35)41(56)48-42(43)52)51-19-17-49(18-20-51)25-28-9-10-30(24-47-28)50-15-13-26(14-16-50)27-21-33(45)40(34(46)22-27)53-37(54)7-4-8-38(53)55/h3,5-6,9-12,21-24,26H,4,7-8,13-20,25H2,1-2H3. The van der Waals surface area contributed by atoms with Gasteiger partial charge in [-0.2, -0.15) is 4.98 Å². The lowest BCUT2D eigenvalue weighted by Crippen LogP contribution is -2.46. The van der Waals surface area contributed by atoms with Gasteiger partial charge in [-0.05, 0) is 115 Å². The van der Waals surface area contributed by atoms with Crippen LogP contribution in [-0.2, 0) is 21.5 Å². The van der Waals surface area contributed by atoms with E-state index in [1.54, 1.807) is 0 Å². The Morgan fingerprint density at radius 2 is 1.50 bits per heavy atom. The molecule has 0 bridgehead atoms. The van der Waals surface area contributed by atoms with E-state index < -0.39 is 34.6 Å². The number of nitrogens with zero attached hydrogens (tertiary/aromatic N) is 7. The maximum absolute atomic E-state index is 15.2. The van der Waals surface area contributed by atoms with E-state index in [2.05, 4.69) is 84.4 Å². The molecule has 13 heteroatoms. The normalized spacial score (nSPS) is 18.8. The summed E-state index contributed by atoms with van der Waals surface area (Å²) in [4.78, 5) is 54.9. The minimum absolute atomic E-state index is 0.0347. The summed E-state index contributed by atoms with van der Waals surface area (Å²) in [6, 6.07) is 19.2. The summed E-state index contributed by atoms with van der Waals surface area (Å²) in [5.74, 6) is -2.14. The highest BCUT2D eigenvalue weighted by Gasteiger charge is 2.39. The molecule has 0 atom stereocenters. The summed E-state index contributed by atoms with van der Waals surface area (Å²) in [6.45, 7) is 9.99. The number of piperidine rings is 2. The number of imide groups is 1. The number of benzene rings is 3. The van der Waals surface area contributed by atoms with Crippen LogP contribution in [0.5, 0.6) is 0 Å². The van der Waals surface area contributed by atoms with Gasteiger partial charge in [0, 0.05) is 68.8 Å². The molecule has 2 aromatic heterocycles. The van der Waals surface area contributed by atoms with Gasteiger partial charge in [0.15, 0.2) is 11.6 Å². The zero-order valence-electron chi connectivity index (χ0n) is 31.4. The Morgan fingerprint density at radius 3 is 2.18 bits per heavy atom. The van der Waals surface area contributed by atoms with Crippen LogP contribution >= 0.6 is 15.9 Å². The minimum Gasteiger partial charge on any atom is -0.370 e. The molecular weight excluding hydrogens is 780 g/mol. The topological polar surface area (TPSA) is 94.9 Å². The summed E-state index contributed by atoms with van der Waals surface area (Å²) in [7, 11) is 0. The van der Waals surface area contributed by atoms with Crippen LogP contribution in [0.25, 0.3) is 16.6 Å². The molecule has 4 aliphatic heterocycles. The lowest BCUT2D eigenvalue weighted by Gasteiger charge is -2.36. The smallest absolute Gasteiger partial charge is 0.281 e. The Labute approximate surface area is 331 Å². The molecule has 3 aromatic carbocycles. The fourth-order valence-electron chi connectivity index (χ4n) is 9.04. The fourth-order valence-corrected chi connectivity index (χ4v) is 9.57. The maximum atomic E-state index is 15.2. The summed E-state index contributed by atoms with van der Waals surface area (Å²) < 4.78 is 33.3. The number of carbonyl (C=O) groups excluding carboxylic acids is 2. The molecule has 3 saturated heterocycles. The van der Waals surface area contributed by atoms with E-state index in [-0.39, 0.29) is 24.3 Å². The molecule has 0 radical (unpaired) electrons. The molecule has 0 unspecified atom stereocenters. The third-order valence-corrected chi connectivity index (χ3v) is 12.8. The lowest BCUT2D eigenvalue weighted by atomic mass is 9.85. The zero-order chi connectivity index (χ0) is 38.9. The Hall–Kier alpha value is -5.01. The summed E-state index contributed by atoms with van der Waals surface area (Å²) in [5, 5.41) is 0.590. The Balaban J connectivity index is 0.815. The maximum Gasteiger partial charge on any atom is 0.281 e. The highest BCUT2D eigenvalue weighted by atomic mass is 79.9. The number of amides is 2. The number of halogens is 3. The van der Waals surface area contributed by atoms with Gasteiger partial charge in [0.25, 0.3) is 5.56 Å². The van der Waals surface area contributed by atoms with Crippen molar-refractivity contribution in [3.8, 4) is 5.69 Å². The number of hydrogen-bond donors (Lipinski definition) is 0. The number of hydrogen-bond acceptors (Lipinski definition) is 8. The highest BCUT2D eigenvalue weighted by Crippen LogP contribution is 2.44. The lowest BCUT2D eigenvalue weighted by molar-refractivity contribution is -0.129. The van der Waals surface area contributed by atoms with Crippen LogP contribution in [0, 0.1) is 11.6 Å².